The average molecular weight is 271 g/mol. The molecule has 1 N–H and O–H groups in total. The van der Waals surface area contributed by atoms with Gasteiger partial charge in [-0.1, -0.05) is 6.92 Å². The average Bonchev–Trinajstić information content (AvgIpc) is 2.89. The molecule has 2 aromatic heterocycles. The first-order valence-electron chi connectivity index (χ1n) is 5.98. The molecule has 0 aliphatic carbocycles. The maximum Gasteiger partial charge on any atom is 0.261 e. The van der Waals surface area contributed by atoms with Crippen molar-refractivity contribution < 1.29 is 4.79 Å². The molecule has 0 aliphatic rings. The van der Waals surface area contributed by atoms with Crippen molar-refractivity contribution in [3.05, 3.63) is 34.8 Å². The smallest absolute Gasteiger partial charge is 0.261 e. The molecule has 19 heavy (non-hydrogen) atoms. The lowest BCUT2D eigenvalue weighted by Crippen LogP contribution is -2.25. The molecule has 0 aliphatic heterocycles. The molecule has 4 nitrogen and oxygen atoms in total. The van der Waals surface area contributed by atoms with Crippen molar-refractivity contribution in [2.45, 2.75) is 13.3 Å². The van der Waals surface area contributed by atoms with Crippen LogP contribution in [0.15, 0.2) is 29.3 Å². The number of amides is 1. The molecule has 0 bridgehead atoms. The Morgan fingerprint density at radius 1 is 1.63 bits per heavy atom. The summed E-state index contributed by atoms with van der Waals surface area (Å²) in [7, 11) is 0. The number of carbonyl (C=O) groups is 1. The van der Waals surface area contributed by atoms with Gasteiger partial charge in [0.05, 0.1) is 10.2 Å². The molecule has 96 valence electrons. The fourth-order valence-corrected chi connectivity index (χ4v) is 2.38. The van der Waals surface area contributed by atoms with Gasteiger partial charge in [0.1, 0.15) is 11.6 Å². The van der Waals surface area contributed by atoms with E-state index in [0.29, 0.717) is 6.54 Å². The van der Waals surface area contributed by atoms with Gasteiger partial charge in [0.15, 0.2) is 0 Å². The van der Waals surface area contributed by atoms with Crippen LogP contribution in [0.1, 0.15) is 18.9 Å². The molecular weight excluding hydrogens is 258 g/mol. The van der Waals surface area contributed by atoms with Gasteiger partial charge >= 0.3 is 0 Å². The largest absolute Gasteiger partial charge is 0.351 e. The minimum atomic E-state index is -0.337. The molecule has 0 radical (unpaired) electrons. The van der Waals surface area contributed by atoms with Gasteiger partial charge in [-0.25, -0.2) is 0 Å². The molecule has 0 atom stereocenters. The summed E-state index contributed by atoms with van der Waals surface area (Å²) in [5.74, 6) is -0.337. The van der Waals surface area contributed by atoms with Crippen LogP contribution in [0.2, 0.25) is 0 Å². The first kappa shape index (κ1) is 13.2. The Labute approximate surface area is 115 Å². The van der Waals surface area contributed by atoms with Crippen LogP contribution in [0.25, 0.3) is 16.3 Å². The van der Waals surface area contributed by atoms with Crippen molar-refractivity contribution in [2.24, 2.45) is 0 Å². The second kappa shape index (κ2) is 6.12. The van der Waals surface area contributed by atoms with E-state index in [2.05, 4.69) is 10.3 Å². The molecule has 5 heteroatoms. The second-order valence-corrected chi connectivity index (χ2v) is 4.95. The molecule has 2 rings (SSSR count). The number of aromatic nitrogens is 1. The number of fused-ring (bicyclic) bond motifs is 1. The van der Waals surface area contributed by atoms with E-state index in [1.165, 1.54) is 0 Å². The van der Waals surface area contributed by atoms with Gasteiger partial charge in [-0.15, -0.1) is 11.3 Å². The minimum Gasteiger partial charge on any atom is -0.351 e. The molecule has 0 spiro atoms. The van der Waals surface area contributed by atoms with Crippen LogP contribution < -0.4 is 5.32 Å². The number of carbonyl (C=O) groups excluding carboxylic acids is 1. The maximum atomic E-state index is 11.7. The van der Waals surface area contributed by atoms with Crippen LogP contribution in [0.4, 0.5) is 0 Å². The number of pyridine rings is 1. The lowest BCUT2D eigenvalue weighted by Gasteiger charge is -2.01. The van der Waals surface area contributed by atoms with Crippen LogP contribution in [-0.4, -0.2) is 17.4 Å². The molecule has 0 unspecified atom stereocenters. The summed E-state index contributed by atoms with van der Waals surface area (Å²) in [6.07, 6.45) is 4.07. The van der Waals surface area contributed by atoms with E-state index in [1.54, 1.807) is 23.6 Å². The summed E-state index contributed by atoms with van der Waals surface area (Å²) in [6, 6.07) is 5.79. The Hall–Kier alpha value is -2.19. The third-order valence-electron chi connectivity index (χ3n) is 2.54. The van der Waals surface area contributed by atoms with Crippen molar-refractivity contribution in [1.29, 1.82) is 5.26 Å². The van der Waals surface area contributed by atoms with Crippen molar-refractivity contribution in [2.75, 3.05) is 6.54 Å². The van der Waals surface area contributed by atoms with Crippen molar-refractivity contribution in [3.63, 3.8) is 0 Å². The number of nitrogens with one attached hydrogen (secondary N) is 1. The Balaban J connectivity index is 2.26. The Morgan fingerprint density at radius 2 is 2.47 bits per heavy atom. The third-order valence-corrected chi connectivity index (χ3v) is 3.39. The third kappa shape index (κ3) is 3.18. The molecule has 2 heterocycles. The summed E-state index contributed by atoms with van der Waals surface area (Å²) < 4.78 is 1.04. The van der Waals surface area contributed by atoms with Gasteiger partial charge in [-0.05, 0) is 35.6 Å². The quantitative estimate of drug-likeness (QED) is 0.687. The fourth-order valence-electron chi connectivity index (χ4n) is 1.59. The Morgan fingerprint density at radius 3 is 3.21 bits per heavy atom. The van der Waals surface area contributed by atoms with Crippen molar-refractivity contribution in [1.82, 2.24) is 10.3 Å². The zero-order valence-corrected chi connectivity index (χ0v) is 11.3. The summed E-state index contributed by atoms with van der Waals surface area (Å²) in [4.78, 5) is 16.0. The predicted octanol–water partition coefficient (Wildman–Crippen LogP) is 2.73. The number of hydrogen-bond acceptors (Lipinski definition) is 4. The van der Waals surface area contributed by atoms with Crippen molar-refractivity contribution in [3.8, 4) is 6.07 Å². The Kier molecular flexibility index (Phi) is 4.26. The second-order valence-electron chi connectivity index (χ2n) is 4.00. The number of thiophene rings is 1. The highest BCUT2D eigenvalue weighted by Crippen LogP contribution is 2.20. The molecule has 0 aromatic carbocycles. The molecule has 0 saturated carbocycles. The lowest BCUT2D eigenvalue weighted by atomic mass is 10.1. The van der Waals surface area contributed by atoms with Crippen LogP contribution >= 0.6 is 11.3 Å². The van der Waals surface area contributed by atoms with E-state index in [0.717, 1.165) is 22.2 Å². The van der Waals surface area contributed by atoms with Gasteiger partial charge in [-0.3, -0.25) is 9.78 Å². The summed E-state index contributed by atoms with van der Waals surface area (Å²) in [5.41, 5.74) is 1.79. The normalized spacial score (nSPS) is 11.3. The van der Waals surface area contributed by atoms with Gasteiger partial charge in [0, 0.05) is 12.7 Å². The van der Waals surface area contributed by atoms with Crippen LogP contribution in [0.3, 0.4) is 0 Å². The van der Waals surface area contributed by atoms with E-state index in [1.807, 2.05) is 30.5 Å². The van der Waals surface area contributed by atoms with E-state index in [-0.39, 0.29) is 11.5 Å². The predicted molar refractivity (Wildman–Crippen MR) is 76.5 cm³/mol. The first-order chi connectivity index (χ1) is 9.24. The number of rotatable bonds is 4. The highest BCUT2D eigenvalue weighted by molar-refractivity contribution is 7.17. The number of nitriles is 1. The minimum absolute atomic E-state index is 0.103. The standard InChI is InChI=1S/C14H13N3OS/c1-2-4-16-14(18)11(8-15)6-10-7-13-12(17-9-10)3-5-19-13/h3,5-7,9H,2,4H2,1H3,(H,16,18)/b11-6-. The van der Waals surface area contributed by atoms with Crippen LogP contribution in [0.5, 0.6) is 0 Å². The maximum absolute atomic E-state index is 11.7. The molecule has 0 fully saturated rings. The fraction of sp³-hybridized carbons (Fsp3) is 0.214. The first-order valence-corrected chi connectivity index (χ1v) is 6.86. The summed E-state index contributed by atoms with van der Waals surface area (Å²) >= 11 is 1.58. The van der Waals surface area contributed by atoms with Gasteiger partial charge in [0.25, 0.3) is 5.91 Å². The highest BCUT2D eigenvalue weighted by Gasteiger charge is 2.08. The molecule has 0 saturated heterocycles. The molecular formula is C14H13N3OS. The molecule has 2 aromatic rings. The van der Waals surface area contributed by atoms with E-state index >= 15 is 0 Å². The SMILES string of the molecule is CCCNC(=O)/C(C#N)=C\c1cnc2ccsc2c1. The molecule has 1 amide bonds. The van der Waals surface area contributed by atoms with Crippen molar-refractivity contribution >= 4 is 33.5 Å². The number of nitrogens with zero attached hydrogens (tertiary/aromatic N) is 2. The van der Waals surface area contributed by atoms with E-state index < -0.39 is 0 Å². The van der Waals surface area contributed by atoms with Crippen LogP contribution in [-0.2, 0) is 4.79 Å². The summed E-state index contributed by atoms with van der Waals surface area (Å²) in [5, 5.41) is 13.7. The topological polar surface area (TPSA) is 65.8 Å². The Bertz CT molecular complexity index is 667. The van der Waals surface area contributed by atoms with Crippen LogP contribution in [0, 0.1) is 11.3 Å². The van der Waals surface area contributed by atoms with Gasteiger partial charge in [0.2, 0.25) is 0 Å². The summed E-state index contributed by atoms with van der Waals surface area (Å²) in [6.45, 7) is 2.53. The van der Waals surface area contributed by atoms with E-state index in [4.69, 9.17) is 5.26 Å². The zero-order valence-electron chi connectivity index (χ0n) is 10.5. The van der Waals surface area contributed by atoms with E-state index in [9.17, 15) is 4.79 Å². The highest BCUT2D eigenvalue weighted by atomic mass is 32.1. The van der Waals surface area contributed by atoms with Gasteiger partial charge < -0.3 is 5.32 Å². The zero-order chi connectivity index (χ0) is 13.7. The number of hydrogen-bond donors (Lipinski definition) is 1. The lowest BCUT2D eigenvalue weighted by molar-refractivity contribution is -0.117. The monoisotopic (exact) mass is 271 g/mol. The van der Waals surface area contributed by atoms with Gasteiger partial charge in [-0.2, -0.15) is 5.26 Å².